The first-order valence-corrected chi connectivity index (χ1v) is 3.46. The number of rotatable bonds is 0. The van der Waals surface area contributed by atoms with Crippen LogP contribution in [0.3, 0.4) is 0 Å². The van der Waals surface area contributed by atoms with Gasteiger partial charge in [0.15, 0.2) is 0 Å². The van der Waals surface area contributed by atoms with E-state index in [1.165, 1.54) is 0 Å². The van der Waals surface area contributed by atoms with Crippen LogP contribution in [-0.2, 0) is 32.7 Å². The third kappa shape index (κ3) is 3.07. The first-order valence-electron chi connectivity index (χ1n) is 3.46. The Kier molecular flexibility index (Phi) is 5.31. The first-order chi connectivity index (χ1) is 4.61. The number of hydrogen-bond acceptors (Lipinski definition) is 3. The van der Waals surface area contributed by atoms with Crippen molar-refractivity contribution in [2.75, 3.05) is 0 Å². The molecule has 1 aliphatic rings. The molecule has 0 saturated heterocycles. The van der Waals surface area contributed by atoms with Crippen molar-refractivity contribution in [1.82, 2.24) is 0 Å². The molecule has 2 atom stereocenters. The monoisotopic (exact) mass is 234 g/mol. The molecule has 0 spiro atoms. The largest absolute Gasteiger partial charge is 0.393 e. The van der Waals surface area contributed by atoms with Crippen molar-refractivity contribution in [3.8, 4) is 0 Å². The van der Waals surface area contributed by atoms with Crippen molar-refractivity contribution in [2.24, 2.45) is 0 Å². The molecule has 1 rings (SSSR count). The summed E-state index contributed by atoms with van der Waals surface area (Å²) in [7, 11) is 0. The van der Waals surface area contributed by atoms with Crippen LogP contribution >= 0.6 is 0 Å². The van der Waals surface area contributed by atoms with Gasteiger partial charge in [0.25, 0.3) is 0 Å². The Labute approximate surface area is 91.7 Å². The summed E-state index contributed by atoms with van der Waals surface area (Å²) >= 11 is 0. The van der Waals surface area contributed by atoms with E-state index < -0.39 is 18.3 Å². The van der Waals surface area contributed by atoms with Gasteiger partial charge in [0, 0.05) is 32.7 Å². The van der Waals surface area contributed by atoms with Crippen LogP contribution in [0.2, 0.25) is 0 Å². The van der Waals surface area contributed by atoms with Gasteiger partial charge < -0.3 is 21.2 Å². The van der Waals surface area contributed by atoms with E-state index in [9.17, 15) is 0 Å². The minimum absolute atomic E-state index is 0. The molecule has 0 heterocycles. The summed E-state index contributed by atoms with van der Waals surface area (Å²) < 4.78 is 0. The number of aliphatic hydroxyl groups is 3. The van der Waals surface area contributed by atoms with E-state index in [-0.39, 0.29) is 32.7 Å². The average Bonchev–Trinajstić information content (AvgIpc) is 1.82. The van der Waals surface area contributed by atoms with E-state index in [2.05, 4.69) is 0 Å². The second-order valence-electron chi connectivity index (χ2n) is 2.99. The van der Waals surface area contributed by atoms with Gasteiger partial charge in [-0.2, -0.15) is 6.92 Å². The second kappa shape index (κ2) is 4.88. The van der Waals surface area contributed by atoms with Crippen molar-refractivity contribution >= 4 is 0 Å². The van der Waals surface area contributed by atoms with Gasteiger partial charge in [-0.05, 0) is 0 Å². The zero-order valence-corrected chi connectivity index (χ0v) is 9.40. The third-order valence-corrected chi connectivity index (χ3v) is 1.90. The van der Waals surface area contributed by atoms with E-state index in [0.717, 1.165) is 5.92 Å². The van der Waals surface area contributed by atoms with Crippen LogP contribution in [0.15, 0.2) is 0 Å². The summed E-state index contributed by atoms with van der Waals surface area (Å²) in [4.78, 5) is 0. The van der Waals surface area contributed by atoms with Gasteiger partial charge in [0.05, 0.1) is 12.2 Å². The maximum Gasteiger partial charge on any atom is 0.101 e. The Bertz CT molecular complexity index is 108. The Morgan fingerprint density at radius 3 is 1.82 bits per heavy atom. The van der Waals surface area contributed by atoms with Crippen molar-refractivity contribution in [2.45, 2.75) is 38.1 Å². The van der Waals surface area contributed by atoms with Crippen LogP contribution in [0, 0.1) is 5.92 Å². The van der Waals surface area contributed by atoms with Gasteiger partial charge in [-0.1, -0.05) is 0 Å². The van der Waals surface area contributed by atoms with Gasteiger partial charge in [0.1, 0.15) is 6.10 Å². The maximum atomic E-state index is 9.09. The zero-order chi connectivity index (χ0) is 7.72. The van der Waals surface area contributed by atoms with Gasteiger partial charge >= 0.3 is 0 Å². The summed E-state index contributed by atoms with van der Waals surface area (Å²) in [5.41, 5.74) is 0. The van der Waals surface area contributed by atoms with Crippen LogP contribution in [-0.4, -0.2) is 33.6 Å². The van der Waals surface area contributed by atoms with Crippen molar-refractivity contribution in [3.63, 3.8) is 0 Å². The summed E-state index contributed by atoms with van der Waals surface area (Å²) in [6, 6.07) is 0. The van der Waals surface area contributed by atoms with Gasteiger partial charge in [0.2, 0.25) is 0 Å². The fraction of sp³-hybridized carbons (Fsp3) is 0.857. The Morgan fingerprint density at radius 1 is 1.09 bits per heavy atom. The molecule has 3 nitrogen and oxygen atoms in total. The molecule has 0 bridgehead atoms. The quantitative estimate of drug-likeness (QED) is 0.493. The van der Waals surface area contributed by atoms with Crippen LogP contribution in [0.1, 0.15) is 19.8 Å². The molecule has 3 N–H and O–H groups in total. The maximum absolute atomic E-state index is 9.09. The fourth-order valence-electron chi connectivity index (χ4n) is 1.30. The summed E-state index contributed by atoms with van der Waals surface area (Å²) in [6.45, 7) is 1.87. The fourth-order valence-corrected chi connectivity index (χ4v) is 1.30. The smallest absolute Gasteiger partial charge is 0.101 e. The predicted molar refractivity (Wildman–Crippen MR) is 36.2 cm³/mol. The molecular formula is C7H13O3Y-. The molecule has 2 unspecified atom stereocenters. The average molecular weight is 234 g/mol. The van der Waals surface area contributed by atoms with Gasteiger partial charge in [-0.15, -0.1) is 12.8 Å². The van der Waals surface area contributed by atoms with Crippen molar-refractivity contribution in [1.29, 1.82) is 0 Å². The minimum atomic E-state index is -0.955. The molecule has 0 aromatic rings. The van der Waals surface area contributed by atoms with E-state index in [0.29, 0.717) is 12.8 Å². The van der Waals surface area contributed by atoms with Crippen LogP contribution in [0.5, 0.6) is 0 Å². The summed E-state index contributed by atoms with van der Waals surface area (Å²) in [5.74, 6) is 1.05. The molecule has 0 aromatic carbocycles. The SMILES string of the molecule is C[C-]1CC(O)C(O)C(O)C1.[Y]. The zero-order valence-electron chi connectivity index (χ0n) is 6.57. The molecule has 1 radical (unpaired) electrons. The van der Waals surface area contributed by atoms with Crippen molar-refractivity contribution in [3.05, 3.63) is 5.92 Å². The van der Waals surface area contributed by atoms with Crippen LogP contribution in [0.25, 0.3) is 0 Å². The number of aliphatic hydroxyl groups excluding tert-OH is 3. The standard InChI is InChI=1S/C7H13O3.Y/c1-4-2-5(8)7(10)6(9)3-4;/h5-10H,2-3H2,1H3;/q-1;. The topological polar surface area (TPSA) is 60.7 Å². The van der Waals surface area contributed by atoms with Crippen LogP contribution < -0.4 is 0 Å². The molecule has 4 heteroatoms. The molecule has 0 aliphatic heterocycles. The van der Waals surface area contributed by atoms with Gasteiger partial charge in [-0.25, -0.2) is 0 Å². The second-order valence-corrected chi connectivity index (χ2v) is 2.99. The molecule has 0 amide bonds. The van der Waals surface area contributed by atoms with E-state index in [1.807, 2.05) is 6.92 Å². The van der Waals surface area contributed by atoms with Gasteiger partial charge in [-0.3, -0.25) is 0 Å². The number of hydrogen-bond donors (Lipinski definition) is 3. The van der Waals surface area contributed by atoms with Crippen molar-refractivity contribution < 1.29 is 48.0 Å². The molecule has 1 fully saturated rings. The van der Waals surface area contributed by atoms with E-state index >= 15 is 0 Å². The molecule has 63 valence electrons. The predicted octanol–water partition coefficient (Wildman–Crippen LogP) is -0.545. The first kappa shape index (κ1) is 12.0. The molecule has 0 aromatic heterocycles. The van der Waals surface area contributed by atoms with E-state index in [1.54, 1.807) is 0 Å². The Hall–Kier alpha value is 0.984. The minimum Gasteiger partial charge on any atom is -0.393 e. The Morgan fingerprint density at radius 2 is 1.45 bits per heavy atom. The normalized spacial score (nSPS) is 39.8. The third-order valence-electron chi connectivity index (χ3n) is 1.90. The molecule has 11 heavy (non-hydrogen) atoms. The summed E-state index contributed by atoms with van der Waals surface area (Å²) in [6.07, 6.45) is -1.48. The van der Waals surface area contributed by atoms with Crippen LogP contribution in [0.4, 0.5) is 0 Å². The van der Waals surface area contributed by atoms with E-state index in [4.69, 9.17) is 15.3 Å². The molecular weight excluding hydrogens is 221 g/mol. The molecule has 1 saturated carbocycles. The summed E-state index contributed by atoms with van der Waals surface area (Å²) in [5, 5.41) is 27.2. The molecule has 1 aliphatic carbocycles. The Balaban J connectivity index is 0.000001000.